The van der Waals surface area contributed by atoms with Gasteiger partial charge in [-0.3, -0.25) is 4.79 Å². The lowest BCUT2D eigenvalue weighted by atomic mass is 10.1. The molecule has 0 unspecified atom stereocenters. The van der Waals surface area contributed by atoms with E-state index in [1.807, 2.05) is 12.2 Å². The topological polar surface area (TPSA) is 29.1 Å². The Hall–Kier alpha value is -1.05. The highest BCUT2D eigenvalue weighted by molar-refractivity contribution is 5.72. The van der Waals surface area contributed by atoms with E-state index in [4.69, 9.17) is 0 Å². The van der Waals surface area contributed by atoms with Crippen molar-refractivity contribution >= 4 is 5.91 Å². The highest BCUT2D eigenvalue weighted by Gasteiger charge is 1.88. The summed E-state index contributed by atoms with van der Waals surface area (Å²) in [5, 5.41) is 2.70. The van der Waals surface area contributed by atoms with Crippen molar-refractivity contribution in [2.24, 2.45) is 5.92 Å². The van der Waals surface area contributed by atoms with Gasteiger partial charge in [0.2, 0.25) is 5.91 Å². The highest BCUT2D eigenvalue weighted by atomic mass is 16.1. The third kappa shape index (κ3) is 8.86. The average Bonchev–Trinajstić information content (AvgIpc) is 1.96. The molecule has 0 radical (unpaired) electrons. The van der Waals surface area contributed by atoms with Crippen LogP contribution in [0.15, 0.2) is 23.8 Å². The number of carbonyl (C=O) groups excluding carboxylic acids is 1. The Bertz CT molecular complexity index is 214. The maximum atomic E-state index is 10.5. The third-order valence-corrected chi connectivity index (χ3v) is 1.45. The van der Waals surface area contributed by atoms with Gasteiger partial charge in [0, 0.05) is 13.5 Å². The number of hydrogen-bond acceptors (Lipinski definition) is 1. The van der Waals surface area contributed by atoms with Gasteiger partial charge in [-0.05, 0) is 12.8 Å². The minimum atomic E-state index is 0.00939. The van der Waals surface area contributed by atoms with E-state index in [-0.39, 0.29) is 5.91 Å². The van der Waals surface area contributed by atoms with Crippen LogP contribution in [0.2, 0.25) is 0 Å². The van der Waals surface area contributed by atoms with Gasteiger partial charge in [0.15, 0.2) is 0 Å². The van der Waals surface area contributed by atoms with E-state index >= 15 is 0 Å². The first-order valence-electron chi connectivity index (χ1n) is 4.61. The van der Waals surface area contributed by atoms with Crippen molar-refractivity contribution in [3.8, 4) is 0 Å². The summed E-state index contributed by atoms with van der Waals surface area (Å²) in [5.74, 6) is 0.584. The van der Waals surface area contributed by atoms with Gasteiger partial charge in [-0.25, -0.2) is 0 Å². The number of hydrogen-bond donors (Lipinski definition) is 1. The summed E-state index contributed by atoms with van der Waals surface area (Å²) < 4.78 is 0. The molecule has 0 aliphatic carbocycles. The summed E-state index contributed by atoms with van der Waals surface area (Å²) in [4.78, 5) is 10.5. The van der Waals surface area contributed by atoms with Crippen molar-refractivity contribution in [1.82, 2.24) is 5.32 Å². The maximum Gasteiger partial charge on any atom is 0.217 e. The molecule has 0 aromatic heterocycles. The van der Waals surface area contributed by atoms with Crippen molar-refractivity contribution in [2.45, 2.75) is 27.7 Å². The van der Waals surface area contributed by atoms with Crippen molar-refractivity contribution in [2.75, 3.05) is 6.54 Å². The van der Waals surface area contributed by atoms with Gasteiger partial charge in [-0.15, -0.1) is 0 Å². The molecule has 0 atom stereocenters. The lowest BCUT2D eigenvalue weighted by Gasteiger charge is -1.97. The van der Waals surface area contributed by atoms with Crippen molar-refractivity contribution in [3.63, 3.8) is 0 Å². The van der Waals surface area contributed by atoms with Crippen LogP contribution in [0.4, 0.5) is 0 Å². The molecular weight excluding hydrogens is 162 g/mol. The van der Waals surface area contributed by atoms with E-state index < -0.39 is 0 Å². The van der Waals surface area contributed by atoms with Crippen LogP contribution in [0.3, 0.4) is 0 Å². The Morgan fingerprint density at radius 3 is 2.46 bits per heavy atom. The Kier molecular flexibility index (Phi) is 5.94. The van der Waals surface area contributed by atoms with Gasteiger partial charge < -0.3 is 5.32 Å². The van der Waals surface area contributed by atoms with Gasteiger partial charge >= 0.3 is 0 Å². The number of carbonyl (C=O) groups is 1. The normalized spacial score (nSPS) is 12.5. The molecular formula is C11H19NO. The van der Waals surface area contributed by atoms with Gasteiger partial charge in [0.05, 0.1) is 0 Å². The van der Waals surface area contributed by atoms with E-state index in [0.29, 0.717) is 12.5 Å². The zero-order valence-corrected chi connectivity index (χ0v) is 8.92. The standard InChI is InChI=1S/C11H19NO/c1-9(2)8-10(3)6-5-7-12-11(4)13/h5-6,8-9H,7H2,1-4H3,(H,12,13)/b6-5-,10-8-. The van der Waals surface area contributed by atoms with E-state index in [1.165, 1.54) is 12.5 Å². The monoisotopic (exact) mass is 181 g/mol. The minimum absolute atomic E-state index is 0.00939. The second-order valence-electron chi connectivity index (χ2n) is 3.49. The number of allylic oxidation sites excluding steroid dienone is 3. The first-order chi connectivity index (χ1) is 6.02. The SMILES string of the molecule is CC(=O)NC/C=C\C(C)=C/C(C)C. The molecule has 1 N–H and O–H groups in total. The Morgan fingerprint density at radius 2 is 2.00 bits per heavy atom. The maximum absolute atomic E-state index is 10.5. The fourth-order valence-electron chi connectivity index (χ4n) is 1.03. The molecule has 2 heteroatoms. The fourth-order valence-corrected chi connectivity index (χ4v) is 1.03. The molecule has 74 valence electrons. The quantitative estimate of drug-likeness (QED) is 0.662. The second-order valence-corrected chi connectivity index (χ2v) is 3.49. The van der Waals surface area contributed by atoms with Crippen LogP contribution in [-0.2, 0) is 4.79 Å². The molecule has 0 saturated carbocycles. The lowest BCUT2D eigenvalue weighted by Crippen LogP contribution is -2.19. The Labute approximate surface area is 80.7 Å². The van der Waals surface area contributed by atoms with Crippen LogP contribution in [0.25, 0.3) is 0 Å². The number of nitrogens with one attached hydrogen (secondary N) is 1. The summed E-state index contributed by atoms with van der Waals surface area (Å²) in [5.41, 5.74) is 1.24. The Balaban J connectivity index is 3.78. The van der Waals surface area contributed by atoms with Crippen molar-refractivity contribution in [1.29, 1.82) is 0 Å². The zero-order valence-electron chi connectivity index (χ0n) is 8.92. The molecule has 0 aromatic carbocycles. The predicted octanol–water partition coefficient (Wildman–Crippen LogP) is 2.28. The van der Waals surface area contributed by atoms with Gasteiger partial charge in [0.25, 0.3) is 0 Å². The lowest BCUT2D eigenvalue weighted by molar-refractivity contribution is -0.118. The Morgan fingerprint density at radius 1 is 1.38 bits per heavy atom. The summed E-state index contributed by atoms with van der Waals surface area (Å²) in [6, 6.07) is 0. The molecule has 0 fully saturated rings. The van der Waals surface area contributed by atoms with Gasteiger partial charge in [-0.2, -0.15) is 0 Å². The molecule has 0 aliphatic rings. The number of rotatable bonds is 4. The van der Waals surface area contributed by atoms with Crippen molar-refractivity contribution < 1.29 is 4.79 Å². The van der Waals surface area contributed by atoms with Crippen LogP contribution in [-0.4, -0.2) is 12.5 Å². The first-order valence-corrected chi connectivity index (χ1v) is 4.61. The smallest absolute Gasteiger partial charge is 0.217 e. The molecule has 0 rings (SSSR count). The highest BCUT2D eigenvalue weighted by Crippen LogP contribution is 2.01. The molecule has 0 aromatic rings. The molecule has 13 heavy (non-hydrogen) atoms. The van der Waals surface area contributed by atoms with E-state index in [9.17, 15) is 4.79 Å². The van der Waals surface area contributed by atoms with Crippen LogP contribution in [0, 0.1) is 5.92 Å². The van der Waals surface area contributed by atoms with Gasteiger partial charge in [0.1, 0.15) is 0 Å². The van der Waals surface area contributed by atoms with Crippen LogP contribution in [0.5, 0.6) is 0 Å². The molecule has 0 bridgehead atoms. The largest absolute Gasteiger partial charge is 0.353 e. The van der Waals surface area contributed by atoms with Gasteiger partial charge in [-0.1, -0.05) is 37.6 Å². The third-order valence-electron chi connectivity index (χ3n) is 1.45. The first kappa shape index (κ1) is 11.9. The molecule has 1 amide bonds. The van der Waals surface area contributed by atoms with E-state index in [0.717, 1.165) is 0 Å². The van der Waals surface area contributed by atoms with Crippen LogP contribution >= 0.6 is 0 Å². The van der Waals surface area contributed by atoms with E-state index in [1.54, 1.807) is 0 Å². The summed E-state index contributed by atoms with van der Waals surface area (Å²) in [6.45, 7) is 8.48. The van der Waals surface area contributed by atoms with Crippen LogP contribution in [0.1, 0.15) is 27.7 Å². The average molecular weight is 181 g/mol. The summed E-state index contributed by atoms with van der Waals surface area (Å²) in [6.07, 6.45) is 6.16. The molecule has 0 heterocycles. The van der Waals surface area contributed by atoms with Crippen molar-refractivity contribution in [3.05, 3.63) is 23.8 Å². The molecule has 0 aliphatic heterocycles. The number of amides is 1. The second kappa shape index (κ2) is 6.46. The van der Waals surface area contributed by atoms with E-state index in [2.05, 4.69) is 32.2 Å². The minimum Gasteiger partial charge on any atom is -0.353 e. The summed E-state index contributed by atoms with van der Waals surface area (Å²) in [7, 11) is 0. The summed E-state index contributed by atoms with van der Waals surface area (Å²) >= 11 is 0. The fraction of sp³-hybridized carbons (Fsp3) is 0.545. The van der Waals surface area contributed by atoms with Crippen LogP contribution < -0.4 is 5.32 Å². The molecule has 0 spiro atoms. The predicted molar refractivity (Wildman–Crippen MR) is 56.4 cm³/mol. The zero-order chi connectivity index (χ0) is 10.3. The molecule has 0 saturated heterocycles. The molecule has 2 nitrogen and oxygen atoms in total.